The summed E-state index contributed by atoms with van der Waals surface area (Å²) in [6, 6.07) is 24.4. The predicted molar refractivity (Wildman–Crippen MR) is 240 cm³/mol. The Labute approximate surface area is 365 Å². The second-order valence-corrected chi connectivity index (χ2v) is 18.8. The van der Waals surface area contributed by atoms with Crippen molar-refractivity contribution < 1.29 is 29.3 Å². The van der Waals surface area contributed by atoms with Gasteiger partial charge in [-0.2, -0.15) is 0 Å². The third kappa shape index (κ3) is 6.49. The van der Waals surface area contributed by atoms with E-state index >= 15 is 4.79 Å². The number of carbonyl (C=O) groups is 2. The molecule has 8 aliphatic rings. The highest BCUT2D eigenvalue weighted by molar-refractivity contribution is 6.08. The Bertz CT molecular complexity index is 2450. The molecule has 322 valence electrons. The van der Waals surface area contributed by atoms with Gasteiger partial charge in [0, 0.05) is 29.1 Å². The van der Waals surface area contributed by atoms with Crippen LogP contribution < -0.4 is 16.0 Å². The monoisotopic (exact) mass is 833 g/mol. The van der Waals surface area contributed by atoms with E-state index in [0.29, 0.717) is 47.8 Å². The average Bonchev–Trinajstić information content (AvgIpc) is 3.78. The van der Waals surface area contributed by atoms with Crippen molar-refractivity contribution in [3.63, 3.8) is 0 Å². The van der Waals surface area contributed by atoms with E-state index < -0.39 is 16.7 Å². The predicted octanol–water partition coefficient (Wildman–Crippen LogP) is 8.44. The van der Waals surface area contributed by atoms with Crippen molar-refractivity contribution in [2.75, 3.05) is 27.2 Å². The maximum atomic E-state index is 15.0. The van der Waals surface area contributed by atoms with Crippen LogP contribution in [0.4, 0.5) is 0 Å². The minimum atomic E-state index is -0.958. The quantitative estimate of drug-likeness (QED) is 0.101. The van der Waals surface area contributed by atoms with Crippen LogP contribution in [-0.2, 0) is 25.5 Å². The number of ether oxygens (including phenoxy) is 2. The molecule has 3 heterocycles. The fraction of sp³-hybridized carbons (Fsp3) is 0.434. The number of carbonyl (C=O) groups excluding carboxylic acids is 2. The number of phenols is 1. The number of likely N-dealkylation sites (N-methyl/N-ethyl adjacent to an activating group) is 1. The van der Waals surface area contributed by atoms with Crippen molar-refractivity contribution >= 4 is 17.5 Å². The Morgan fingerprint density at radius 3 is 2.58 bits per heavy atom. The van der Waals surface area contributed by atoms with Crippen molar-refractivity contribution in [3.8, 4) is 16.9 Å². The number of piperidine rings is 1. The molecule has 1 saturated carbocycles. The van der Waals surface area contributed by atoms with Crippen LogP contribution in [0.1, 0.15) is 81.0 Å². The number of rotatable bonds is 10. The molecule has 0 aromatic heterocycles. The van der Waals surface area contributed by atoms with E-state index in [-0.39, 0.29) is 54.3 Å². The molecule has 2 saturated heterocycles. The summed E-state index contributed by atoms with van der Waals surface area (Å²) in [6.45, 7) is 3.13. The number of aromatic hydroxyl groups is 1. The first-order valence-corrected chi connectivity index (χ1v) is 22.9. The molecule has 3 aromatic rings. The van der Waals surface area contributed by atoms with Gasteiger partial charge < -0.3 is 35.6 Å². The number of allylic oxidation sites excluding steroid dienone is 6. The Kier molecular flexibility index (Phi) is 10.7. The van der Waals surface area contributed by atoms with Crippen molar-refractivity contribution in [1.29, 1.82) is 0 Å². The van der Waals surface area contributed by atoms with Crippen LogP contribution in [0.15, 0.2) is 125 Å². The molecule has 2 spiro atoms. The van der Waals surface area contributed by atoms with Gasteiger partial charge in [-0.3, -0.25) is 0 Å². The lowest BCUT2D eigenvalue weighted by Gasteiger charge is -2.62. The number of fused-ring (bicyclic) bond motifs is 5. The molecule has 0 amide bonds. The second-order valence-electron chi connectivity index (χ2n) is 18.8. The summed E-state index contributed by atoms with van der Waals surface area (Å²) in [4.78, 5) is 29.9. The van der Waals surface area contributed by atoms with Gasteiger partial charge in [-0.25, -0.2) is 9.59 Å². The largest absolute Gasteiger partial charge is 0.508 e. The number of esters is 2. The van der Waals surface area contributed by atoms with Crippen molar-refractivity contribution in [2.24, 2.45) is 40.4 Å². The smallest absolute Gasteiger partial charge is 0.340 e. The highest BCUT2D eigenvalue weighted by Gasteiger charge is 2.73. The topological polar surface area (TPSA) is 129 Å². The molecule has 9 heteroatoms. The first kappa shape index (κ1) is 41.0. The van der Waals surface area contributed by atoms with Crippen molar-refractivity contribution in [3.05, 3.63) is 142 Å². The zero-order chi connectivity index (χ0) is 42.8. The number of hydrogen-bond donors (Lipinski definition) is 5. The summed E-state index contributed by atoms with van der Waals surface area (Å²) in [5, 5.41) is 32.4. The number of cyclic esters (lactones) is 2. The molecule has 5 aliphatic carbocycles. The molecule has 62 heavy (non-hydrogen) atoms. The van der Waals surface area contributed by atoms with Gasteiger partial charge in [-0.15, -0.1) is 0 Å². The van der Waals surface area contributed by atoms with Crippen LogP contribution in [0.2, 0.25) is 0 Å². The standard InChI is InChI=1S/C53H59N3O6/c1-4-31(25-32-9-6-5-7-10-32)26-44-53-23-18-41-46(48(53)51(60)62-44)40-29-37(58)14-15-38(40)34-11-8-12-35(27-34)42(54-2)19-22-52(41)21-17-39-43(61-50(59)47(39)49(52)53)16-13-36(30-57)33-20-24-56-45(28-33)55-3/h5-12,14-16,19,22,26-27,29,31,33,36,41-42,45,49,54-58H,4,13,17-18,20-21,23-25,28,30H2,1-3H3. The number of hydrogen-bond acceptors (Lipinski definition) is 9. The van der Waals surface area contributed by atoms with Gasteiger partial charge in [0.15, 0.2) is 0 Å². The minimum absolute atomic E-state index is 0.0316. The molecule has 3 aromatic carbocycles. The summed E-state index contributed by atoms with van der Waals surface area (Å²) in [7, 11) is 3.94. The van der Waals surface area contributed by atoms with Crippen LogP contribution in [0.5, 0.6) is 5.75 Å². The Morgan fingerprint density at radius 1 is 0.935 bits per heavy atom. The minimum Gasteiger partial charge on any atom is -0.508 e. The van der Waals surface area contributed by atoms with E-state index in [2.05, 4.69) is 95.7 Å². The lowest BCUT2D eigenvalue weighted by atomic mass is 9.38. The molecule has 9 atom stereocenters. The molecule has 3 aliphatic heterocycles. The molecule has 0 radical (unpaired) electrons. The zero-order valence-electron chi connectivity index (χ0n) is 36.1. The van der Waals surface area contributed by atoms with Crippen LogP contribution in [0.25, 0.3) is 16.7 Å². The Balaban J connectivity index is 1.20. The van der Waals surface area contributed by atoms with Gasteiger partial charge in [-0.1, -0.05) is 73.7 Å². The third-order valence-electron chi connectivity index (χ3n) is 15.9. The molecular weight excluding hydrogens is 775 g/mol. The van der Waals surface area contributed by atoms with Crippen molar-refractivity contribution in [2.45, 2.75) is 76.9 Å². The van der Waals surface area contributed by atoms with Crippen LogP contribution in [0, 0.1) is 40.4 Å². The van der Waals surface area contributed by atoms with Crippen LogP contribution in [-0.4, -0.2) is 55.6 Å². The zero-order valence-corrected chi connectivity index (χ0v) is 36.1. The molecule has 11 rings (SSSR count). The van der Waals surface area contributed by atoms with E-state index in [1.54, 1.807) is 6.07 Å². The van der Waals surface area contributed by atoms with E-state index in [0.717, 1.165) is 78.5 Å². The Hall–Kier alpha value is -5.06. The van der Waals surface area contributed by atoms with E-state index in [1.165, 1.54) is 5.56 Å². The SMILES string of the molecule is CCC(C=C1OC(=O)C2=C3c4cc(O)ccc4-c4cccc(c4)C(NC)C=CC45CCC6=C(C(=O)OC6=CCC(CO)C6CCNC(NC)C6)C4C12CCC35)Cc1ccccc1. The molecule has 9 unspecified atom stereocenters. The second kappa shape index (κ2) is 16.2. The number of phenolic OH excluding ortho intramolecular Hbond substituents is 1. The molecule has 5 N–H and O–H groups in total. The van der Waals surface area contributed by atoms with E-state index in [9.17, 15) is 15.0 Å². The van der Waals surface area contributed by atoms with Gasteiger partial charge >= 0.3 is 11.9 Å². The highest BCUT2D eigenvalue weighted by Crippen LogP contribution is 2.77. The summed E-state index contributed by atoms with van der Waals surface area (Å²) < 4.78 is 13.1. The fourth-order valence-corrected chi connectivity index (χ4v) is 12.9. The average molecular weight is 834 g/mol. The normalized spacial score (nSPS) is 31.8. The lowest BCUT2D eigenvalue weighted by Crippen LogP contribution is -2.58. The first-order chi connectivity index (χ1) is 30.2. The molecule has 6 bridgehead atoms. The van der Waals surface area contributed by atoms with Crippen LogP contribution in [0.3, 0.4) is 0 Å². The summed E-state index contributed by atoms with van der Waals surface area (Å²) in [5.74, 6) is 0.523. The Morgan fingerprint density at radius 2 is 1.79 bits per heavy atom. The summed E-state index contributed by atoms with van der Waals surface area (Å²) >= 11 is 0. The molecule has 9 nitrogen and oxygen atoms in total. The van der Waals surface area contributed by atoms with E-state index in [4.69, 9.17) is 9.47 Å². The number of aliphatic hydroxyl groups excluding tert-OH is 1. The molecular formula is C53H59N3O6. The summed E-state index contributed by atoms with van der Waals surface area (Å²) in [6.07, 6.45) is 16.1. The van der Waals surface area contributed by atoms with Gasteiger partial charge in [0.05, 0.1) is 23.2 Å². The van der Waals surface area contributed by atoms with Gasteiger partial charge in [0.2, 0.25) is 0 Å². The summed E-state index contributed by atoms with van der Waals surface area (Å²) in [5.41, 5.74) is 6.71. The lowest BCUT2D eigenvalue weighted by molar-refractivity contribution is -0.135. The fourth-order valence-electron chi connectivity index (χ4n) is 12.9. The molecule has 3 fully saturated rings. The van der Waals surface area contributed by atoms with Gasteiger partial charge in [-0.05, 0) is 166 Å². The first-order valence-electron chi connectivity index (χ1n) is 22.9. The van der Waals surface area contributed by atoms with Crippen molar-refractivity contribution in [1.82, 2.24) is 16.0 Å². The van der Waals surface area contributed by atoms with Gasteiger partial charge in [0.25, 0.3) is 0 Å². The number of aliphatic hydroxyl groups is 1. The van der Waals surface area contributed by atoms with Gasteiger partial charge in [0.1, 0.15) is 17.3 Å². The number of nitrogens with one attached hydrogen (secondary N) is 3. The maximum absolute atomic E-state index is 15.0. The maximum Gasteiger partial charge on any atom is 0.340 e. The third-order valence-corrected chi connectivity index (χ3v) is 15.9. The van der Waals surface area contributed by atoms with E-state index in [1.807, 2.05) is 32.3 Å². The number of benzene rings is 3. The highest BCUT2D eigenvalue weighted by atomic mass is 16.6. The van der Waals surface area contributed by atoms with Crippen LogP contribution >= 0.6 is 0 Å².